The van der Waals surface area contributed by atoms with Gasteiger partial charge in [0.15, 0.2) is 0 Å². The molecular formula is C14H17NO3. The molecule has 0 aromatic heterocycles. The molecule has 1 N–H and O–H groups in total. The molecule has 1 aromatic carbocycles. The fourth-order valence-corrected chi connectivity index (χ4v) is 2.54. The minimum atomic E-state index is 0.145. The number of epoxide rings is 1. The predicted molar refractivity (Wildman–Crippen MR) is 66.2 cm³/mol. The lowest BCUT2D eigenvalue weighted by molar-refractivity contribution is -0.125. The Balaban J connectivity index is 1.49. The molecular weight excluding hydrogens is 230 g/mol. The highest BCUT2D eigenvalue weighted by Gasteiger charge is 2.49. The molecule has 0 spiro atoms. The van der Waals surface area contributed by atoms with E-state index in [2.05, 4.69) is 5.32 Å². The number of hydrogen-bond donors (Lipinski definition) is 1. The summed E-state index contributed by atoms with van der Waals surface area (Å²) in [7, 11) is 1.64. The summed E-state index contributed by atoms with van der Waals surface area (Å²) in [5.74, 6) is 1.13. The van der Waals surface area contributed by atoms with Crippen LogP contribution in [-0.2, 0) is 16.1 Å². The fraction of sp³-hybridized carbons (Fsp3) is 0.500. The van der Waals surface area contributed by atoms with E-state index < -0.39 is 0 Å². The van der Waals surface area contributed by atoms with Crippen molar-refractivity contribution in [3.63, 3.8) is 0 Å². The summed E-state index contributed by atoms with van der Waals surface area (Å²) >= 11 is 0. The summed E-state index contributed by atoms with van der Waals surface area (Å²) in [4.78, 5) is 11.9. The molecule has 0 radical (unpaired) electrons. The summed E-state index contributed by atoms with van der Waals surface area (Å²) in [5.41, 5.74) is 1.09. The smallest absolute Gasteiger partial charge is 0.223 e. The number of carbonyl (C=O) groups excluding carboxylic acids is 1. The molecule has 1 aliphatic heterocycles. The molecule has 1 saturated heterocycles. The second-order valence-electron chi connectivity index (χ2n) is 4.95. The monoisotopic (exact) mass is 247 g/mol. The van der Waals surface area contributed by atoms with E-state index in [4.69, 9.17) is 9.47 Å². The van der Waals surface area contributed by atoms with E-state index in [1.54, 1.807) is 7.11 Å². The van der Waals surface area contributed by atoms with Crippen molar-refractivity contribution in [2.24, 2.45) is 5.92 Å². The van der Waals surface area contributed by atoms with Crippen LogP contribution in [0.1, 0.15) is 18.4 Å². The lowest BCUT2D eigenvalue weighted by Crippen LogP contribution is -2.29. The van der Waals surface area contributed by atoms with Gasteiger partial charge in [-0.1, -0.05) is 12.1 Å². The largest absolute Gasteiger partial charge is 0.497 e. The van der Waals surface area contributed by atoms with E-state index in [9.17, 15) is 4.79 Å². The van der Waals surface area contributed by atoms with Crippen molar-refractivity contribution in [1.29, 1.82) is 0 Å². The molecule has 0 bridgehead atoms. The van der Waals surface area contributed by atoms with Gasteiger partial charge in [0.2, 0.25) is 5.91 Å². The standard InChI is InChI=1S/C14H17NO3/c1-17-11-4-2-9(3-5-11)8-15-14(16)10-6-12-13(7-10)18-12/h2-5,10,12-13H,6-8H2,1H3,(H,15,16). The van der Waals surface area contributed by atoms with Crippen LogP contribution >= 0.6 is 0 Å². The van der Waals surface area contributed by atoms with Crippen molar-refractivity contribution < 1.29 is 14.3 Å². The fourth-order valence-electron chi connectivity index (χ4n) is 2.54. The van der Waals surface area contributed by atoms with Gasteiger partial charge in [0.25, 0.3) is 0 Å². The van der Waals surface area contributed by atoms with Gasteiger partial charge >= 0.3 is 0 Å². The lowest BCUT2D eigenvalue weighted by atomic mass is 10.1. The maximum atomic E-state index is 11.9. The van der Waals surface area contributed by atoms with Crippen LogP contribution in [0.2, 0.25) is 0 Å². The number of carbonyl (C=O) groups is 1. The first-order valence-electron chi connectivity index (χ1n) is 6.32. The Morgan fingerprint density at radius 2 is 2.00 bits per heavy atom. The van der Waals surface area contributed by atoms with Gasteiger partial charge in [-0.05, 0) is 30.5 Å². The maximum absolute atomic E-state index is 11.9. The Morgan fingerprint density at radius 1 is 1.33 bits per heavy atom. The quantitative estimate of drug-likeness (QED) is 0.820. The highest BCUT2D eigenvalue weighted by molar-refractivity contribution is 5.79. The zero-order valence-corrected chi connectivity index (χ0v) is 10.4. The Labute approximate surface area is 106 Å². The Morgan fingerprint density at radius 3 is 2.61 bits per heavy atom. The van der Waals surface area contributed by atoms with Crippen molar-refractivity contribution in [3.05, 3.63) is 29.8 Å². The van der Waals surface area contributed by atoms with Gasteiger partial charge in [0.1, 0.15) is 5.75 Å². The average Bonchev–Trinajstić information content (AvgIpc) is 3.03. The molecule has 3 rings (SSSR count). The highest BCUT2D eigenvalue weighted by Crippen LogP contribution is 2.42. The van der Waals surface area contributed by atoms with E-state index in [0.717, 1.165) is 24.2 Å². The highest BCUT2D eigenvalue weighted by atomic mass is 16.6. The zero-order valence-electron chi connectivity index (χ0n) is 10.4. The van der Waals surface area contributed by atoms with Crippen molar-refractivity contribution >= 4 is 5.91 Å². The topological polar surface area (TPSA) is 50.9 Å². The Kier molecular flexibility index (Phi) is 2.96. The molecule has 1 aliphatic carbocycles. The predicted octanol–water partition coefficient (Wildman–Crippen LogP) is 1.49. The summed E-state index contributed by atoms with van der Waals surface area (Å²) in [6.07, 6.45) is 2.50. The van der Waals surface area contributed by atoms with Gasteiger partial charge < -0.3 is 14.8 Å². The number of benzene rings is 1. The van der Waals surface area contributed by atoms with E-state index in [1.165, 1.54) is 0 Å². The van der Waals surface area contributed by atoms with Crippen LogP contribution < -0.4 is 10.1 Å². The number of nitrogens with one attached hydrogen (secondary N) is 1. The third kappa shape index (κ3) is 2.34. The molecule has 18 heavy (non-hydrogen) atoms. The normalized spacial score (nSPS) is 28.6. The van der Waals surface area contributed by atoms with Crippen molar-refractivity contribution in [3.8, 4) is 5.75 Å². The summed E-state index contributed by atoms with van der Waals surface area (Å²) in [6.45, 7) is 0.579. The molecule has 2 atom stereocenters. The third-order valence-corrected chi connectivity index (χ3v) is 3.72. The van der Waals surface area contributed by atoms with Crippen LogP contribution in [0.5, 0.6) is 5.75 Å². The number of fused-ring (bicyclic) bond motifs is 1. The van der Waals surface area contributed by atoms with Crippen LogP contribution in [0, 0.1) is 5.92 Å². The van der Waals surface area contributed by atoms with Crippen molar-refractivity contribution in [2.75, 3.05) is 7.11 Å². The summed E-state index contributed by atoms with van der Waals surface area (Å²) in [6, 6.07) is 7.74. The van der Waals surface area contributed by atoms with E-state index >= 15 is 0 Å². The molecule has 1 saturated carbocycles. The number of methoxy groups -OCH3 is 1. The van der Waals surface area contributed by atoms with Gasteiger partial charge in [0.05, 0.1) is 19.3 Å². The lowest BCUT2D eigenvalue weighted by Gasteiger charge is -2.12. The Bertz CT molecular complexity index is 433. The molecule has 1 amide bonds. The molecule has 4 heteroatoms. The summed E-state index contributed by atoms with van der Waals surface area (Å²) < 4.78 is 10.4. The number of hydrogen-bond acceptors (Lipinski definition) is 3. The molecule has 1 aromatic rings. The molecule has 96 valence electrons. The van der Waals surface area contributed by atoms with Gasteiger partial charge in [-0.15, -0.1) is 0 Å². The van der Waals surface area contributed by atoms with Crippen LogP contribution in [0.15, 0.2) is 24.3 Å². The number of amides is 1. The van der Waals surface area contributed by atoms with E-state index in [0.29, 0.717) is 18.8 Å². The molecule has 4 nitrogen and oxygen atoms in total. The minimum Gasteiger partial charge on any atom is -0.497 e. The van der Waals surface area contributed by atoms with Gasteiger partial charge in [-0.3, -0.25) is 4.79 Å². The van der Waals surface area contributed by atoms with E-state index in [1.807, 2.05) is 24.3 Å². The van der Waals surface area contributed by atoms with Gasteiger partial charge in [0, 0.05) is 12.5 Å². The second-order valence-corrected chi connectivity index (χ2v) is 4.95. The Hall–Kier alpha value is -1.55. The molecule has 2 unspecified atom stereocenters. The average molecular weight is 247 g/mol. The van der Waals surface area contributed by atoms with Crippen LogP contribution in [0.4, 0.5) is 0 Å². The van der Waals surface area contributed by atoms with Gasteiger partial charge in [-0.25, -0.2) is 0 Å². The van der Waals surface area contributed by atoms with Crippen LogP contribution in [0.3, 0.4) is 0 Å². The second kappa shape index (κ2) is 4.61. The van der Waals surface area contributed by atoms with Gasteiger partial charge in [-0.2, -0.15) is 0 Å². The molecule has 2 aliphatic rings. The zero-order chi connectivity index (χ0) is 12.5. The SMILES string of the molecule is COc1ccc(CNC(=O)C2CC3OC3C2)cc1. The van der Waals surface area contributed by atoms with Crippen molar-refractivity contribution in [2.45, 2.75) is 31.6 Å². The maximum Gasteiger partial charge on any atom is 0.223 e. The minimum absolute atomic E-state index is 0.145. The number of rotatable bonds is 4. The van der Waals surface area contributed by atoms with Crippen molar-refractivity contribution in [1.82, 2.24) is 5.32 Å². The molecule has 2 fully saturated rings. The first-order chi connectivity index (χ1) is 8.76. The summed E-state index contributed by atoms with van der Waals surface area (Å²) in [5, 5.41) is 2.98. The first-order valence-corrected chi connectivity index (χ1v) is 6.32. The van der Waals surface area contributed by atoms with E-state index in [-0.39, 0.29) is 11.8 Å². The third-order valence-electron chi connectivity index (χ3n) is 3.72. The first kappa shape index (κ1) is 11.5. The van der Waals surface area contributed by atoms with Crippen LogP contribution in [-0.4, -0.2) is 25.2 Å². The molecule has 1 heterocycles. The van der Waals surface area contributed by atoms with Crippen LogP contribution in [0.25, 0.3) is 0 Å². The number of ether oxygens (including phenoxy) is 2.